The van der Waals surface area contributed by atoms with Crippen LogP contribution in [0, 0.1) is 0 Å². The molecule has 0 N–H and O–H groups in total. The second-order valence-electron chi connectivity index (χ2n) is 6.29. The Labute approximate surface area is 143 Å². The van der Waals surface area contributed by atoms with Crippen molar-refractivity contribution in [3.05, 3.63) is 0 Å². The summed E-state index contributed by atoms with van der Waals surface area (Å²) in [6.07, 6.45) is 16.0. The molecule has 0 saturated carbocycles. The van der Waals surface area contributed by atoms with Crippen LogP contribution in [0.25, 0.3) is 0 Å². The van der Waals surface area contributed by atoms with E-state index in [1.54, 1.807) is 0 Å². The van der Waals surface area contributed by atoms with Gasteiger partial charge in [-0.2, -0.15) is 0 Å². The summed E-state index contributed by atoms with van der Waals surface area (Å²) in [5.74, 6) is -1.68. The Morgan fingerprint density at radius 1 is 0.696 bits per heavy atom. The number of ether oxygens (including phenoxy) is 3. The van der Waals surface area contributed by atoms with Crippen molar-refractivity contribution in [2.75, 3.05) is 21.3 Å². The molecule has 0 aromatic carbocycles. The van der Waals surface area contributed by atoms with Gasteiger partial charge in [0.05, 0.1) is 7.11 Å². The lowest BCUT2D eigenvalue weighted by molar-refractivity contribution is -0.230. The molecule has 4 nitrogen and oxygen atoms in total. The predicted molar refractivity (Wildman–Crippen MR) is 94.5 cm³/mol. The first-order valence-electron chi connectivity index (χ1n) is 9.35. The maximum atomic E-state index is 11.8. The van der Waals surface area contributed by atoms with E-state index in [9.17, 15) is 4.79 Å². The molecular formula is C19H38O4. The number of carbonyl (C=O) groups excluding carboxylic acids is 1. The minimum Gasteiger partial charge on any atom is -0.465 e. The zero-order valence-electron chi connectivity index (χ0n) is 15.8. The van der Waals surface area contributed by atoms with Crippen molar-refractivity contribution in [1.29, 1.82) is 0 Å². The first-order valence-corrected chi connectivity index (χ1v) is 9.35. The van der Waals surface area contributed by atoms with Crippen LogP contribution < -0.4 is 0 Å². The fourth-order valence-corrected chi connectivity index (χ4v) is 2.91. The highest BCUT2D eigenvalue weighted by Crippen LogP contribution is 2.22. The van der Waals surface area contributed by atoms with Gasteiger partial charge in [-0.25, -0.2) is 4.79 Å². The number of methoxy groups -OCH3 is 3. The number of carbonyl (C=O) groups is 1. The van der Waals surface area contributed by atoms with Gasteiger partial charge in [0.1, 0.15) is 0 Å². The average Bonchev–Trinajstić information content (AvgIpc) is 2.59. The van der Waals surface area contributed by atoms with Crippen LogP contribution >= 0.6 is 0 Å². The molecule has 0 spiro atoms. The molecule has 0 radical (unpaired) electrons. The van der Waals surface area contributed by atoms with Crippen LogP contribution in [-0.2, 0) is 19.0 Å². The quantitative estimate of drug-likeness (QED) is 0.220. The molecule has 138 valence electrons. The highest BCUT2D eigenvalue weighted by molar-refractivity contribution is 5.77. The number of hydrogen-bond acceptors (Lipinski definition) is 4. The van der Waals surface area contributed by atoms with E-state index < -0.39 is 11.8 Å². The lowest BCUT2D eigenvalue weighted by Gasteiger charge is -2.27. The van der Waals surface area contributed by atoms with E-state index in [4.69, 9.17) is 14.2 Å². The minimum absolute atomic E-state index is 0.453. The van der Waals surface area contributed by atoms with Crippen LogP contribution in [-0.4, -0.2) is 33.1 Å². The standard InChI is InChI=1S/C19H38O4/c1-5-6-7-8-9-10-11-12-13-14-15-16-17-19(22-3,23-4)18(20)21-2/h5-17H2,1-4H3. The third-order valence-electron chi connectivity index (χ3n) is 4.52. The lowest BCUT2D eigenvalue weighted by atomic mass is 10.0. The Bertz CT molecular complexity index is 275. The molecule has 0 rings (SSSR count). The van der Waals surface area contributed by atoms with Crippen molar-refractivity contribution in [2.45, 2.75) is 96.2 Å². The SMILES string of the molecule is CCCCCCCCCCCCCCC(OC)(OC)C(=O)OC. The normalized spacial score (nSPS) is 11.7. The smallest absolute Gasteiger partial charge is 0.366 e. The molecule has 0 atom stereocenters. The highest BCUT2D eigenvalue weighted by atomic mass is 16.7. The van der Waals surface area contributed by atoms with E-state index in [-0.39, 0.29) is 0 Å². The summed E-state index contributed by atoms with van der Waals surface area (Å²) in [6.45, 7) is 2.26. The van der Waals surface area contributed by atoms with Gasteiger partial charge in [0.15, 0.2) is 0 Å². The number of unbranched alkanes of at least 4 members (excludes halogenated alkanes) is 11. The summed E-state index contributed by atoms with van der Waals surface area (Å²) in [5, 5.41) is 0. The first-order chi connectivity index (χ1) is 11.2. The number of esters is 1. The second kappa shape index (κ2) is 14.9. The molecule has 0 aliphatic carbocycles. The van der Waals surface area contributed by atoms with Crippen LogP contribution in [0.1, 0.15) is 90.4 Å². The van der Waals surface area contributed by atoms with E-state index in [2.05, 4.69) is 6.92 Å². The van der Waals surface area contributed by atoms with Crippen molar-refractivity contribution in [3.8, 4) is 0 Å². The third kappa shape index (κ3) is 9.98. The largest absolute Gasteiger partial charge is 0.465 e. The Hall–Kier alpha value is -0.610. The van der Waals surface area contributed by atoms with E-state index in [1.807, 2.05) is 0 Å². The Morgan fingerprint density at radius 2 is 1.09 bits per heavy atom. The topological polar surface area (TPSA) is 44.8 Å². The maximum Gasteiger partial charge on any atom is 0.366 e. The molecule has 0 aromatic heterocycles. The van der Waals surface area contributed by atoms with E-state index in [0.29, 0.717) is 6.42 Å². The number of rotatable bonds is 16. The molecule has 4 heteroatoms. The molecule has 0 unspecified atom stereocenters. The second-order valence-corrected chi connectivity index (χ2v) is 6.29. The van der Waals surface area contributed by atoms with Gasteiger partial charge in [-0.1, -0.05) is 77.6 Å². The van der Waals surface area contributed by atoms with Gasteiger partial charge in [-0.05, 0) is 6.42 Å². The van der Waals surface area contributed by atoms with Gasteiger partial charge in [0.25, 0.3) is 5.79 Å². The van der Waals surface area contributed by atoms with E-state index >= 15 is 0 Å². The van der Waals surface area contributed by atoms with Gasteiger partial charge in [0.2, 0.25) is 0 Å². The first kappa shape index (κ1) is 22.4. The van der Waals surface area contributed by atoms with Gasteiger partial charge >= 0.3 is 5.97 Å². The monoisotopic (exact) mass is 330 g/mol. The summed E-state index contributed by atoms with van der Waals surface area (Å²) >= 11 is 0. The molecule has 0 saturated heterocycles. The lowest BCUT2D eigenvalue weighted by Crippen LogP contribution is -2.43. The van der Waals surface area contributed by atoms with E-state index in [0.717, 1.165) is 12.8 Å². The third-order valence-corrected chi connectivity index (χ3v) is 4.52. The molecule has 0 aliphatic rings. The van der Waals surface area contributed by atoms with Crippen molar-refractivity contribution in [1.82, 2.24) is 0 Å². The van der Waals surface area contributed by atoms with Crippen LogP contribution in [0.4, 0.5) is 0 Å². The number of hydrogen-bond donors (Lipinski definition) is 0. The van der Waals surface area contributed by atoms with Crippen LogP contribution in [0.15, 0.2) is 0 Å². The molecule has 0 aliphatic heterocycles. The molecule has 0 fully saturated rings. The minimum atomic E-state index is -1.23. The summed E-state index contributed by atoms with van der Waals surface area (Å²) < 4.78 is 15.3. The van der Waals surface area contributed by atoms with Crippen molar-refractivity contribution < 1.29 is 19.0 Å². The fraction of sp³-hybridized carbons (Fsp3) is 0.947. The molecule has 0 bridgehead atoms. The van der Waals surface area contributed by atoms with Gasteiger partial charge in [0, 0.05) is 20.6 Å². The van der Waals surface area contributed by atoms with Gasteiger partial charge in [-0.15, -0.1) is 0 Å². The highest BCUT2D eigenvalue weighted by Gasteiger charge is 2.39. The summed E-state index contributed by atoms with van der Waals surface area (Å²) in [6, 6.07) is 0. The van der Waals surface area contributed by atoms with Gasteiger partial charge in [-0.3, -0.25) is 0 Å². The van der Waals surface area contributed by atoms with Crippen LogP contribution in [0.2, 0.25) is 0 Å². The zero-order chi connectivity index (χ0) is 17.4. The molecule has 23 heavy (non-hydrogen) atoms. The summed E-state index contributed by atoms with van der Waals surface area (Å²) in [7, 11) is 4.33. The molecule has 0 amide bonds. The van der Waals surface area contributed by atoms with Crippen molar-refractivity contribution >= 4 is 5.97 Å². The van der Waals surface area contributed by atoms with Crippen LogP contribution in [0.5, 0.6) is 0 Å². The predicted octanol–water partition coefficient (Wildman–Crippen LogP) is 5.24. The molecule has 0 heterocycles. The van der Waals surface area contributed by atoms with Crippen molar-refractivity contribution in [2.24, 2.45) is 0 Å². The molecule has 0 aromatic rings. The fourth-order valence-electron chi connectivity index (χ4n) is 2.91. The maximum absolute atomic E-state index is 11.8. The van der Waals surface area contributed by atoms with E-state index in [1.165, 1.54) is 85.5 Å². The molecular weight excluding hydrogens is 292 g/mol. The van der Waals surface area contributed by atoms with Gasteiger partial charge < -0.3 is 14.2 Å². The Kier molecular flexibility index (Phi) is 14.6. The summed E-state index contributed by atoms with van der Waals surface area (Å²) in [4.78, 5) is 11.8. The Balaban J connectivity index is 3.55. The Morgan fingerprint density at radius 3 is 1.43 bits per heavy atom. The average molecular weight is 331 g/mol. The van der Waals surface area contributed by atoms with Crippen molar-refractivity contribution in [3.63, 3.8) is 0 Å². The van der Waals surface area contributed by atoms with Crippen LogP contribution in [0.3, 0.4) is 0 Å². The zero-order valence-corrected chi connectivity index (χ0v) is 15.8. The summed E-state index contributed by atoms with van der Waals surface area (Å²) in [5.41, 5.74) is 0.